The van der Waals surface area contributed by atoms with Gasteiger partial charge in [-0.05, 0) is 46.3 Å². The van der Waals surface area contributed by atoms with Crippen LogP contribution in [0.3, 0.4) is 0 Å². The first kappa shape index (κ1) is 10.4. The summed E-state index contributed by atoms with van der Waals surface area (Å²) in [5, 5.41) is 0. The molecule has 82 valence electrons. The molecule has 2 saturated heterocycles. The van der Waals surface area contributed by atoms with Crippen molar-refractivity contribution in [2.75, 3.05) is 33.7 Å². The normalized spacial score (nSPS) is 39.0. The van der Waals surface area contributed by atoms with Crippen molar-refractivity contribution in [2.24, 2.45) is 5.73 Å². The summed E-state index contributed by atoms with van der Waals surface area (Å²) in [6.07, 6.45) is 5.29. The van der Waals surface area contributed by atoms with E-state index in [4.69, 9.17) is 5.73 Å². The maximum Gasteiger partial charge on any atom is 0.0352 e. The number of nitrogens with two attached hydrogens (primary N) is 1. The second-order valence-corrected chi connectivity index (χ2v) is 5.11. The summed E-state index contributed by atoms with van der Waals surface area (Å²) in [4.78, 5) is 5.00. The van der Waals surface area contributed by atoms with Gasteiger partial charge in [0, 0.05) is 24.7 Å². The van der Waals surface area contributed by atoms with Crippen molar-refractivity contribution in [3.63, 3.8) is 0 Å². The van der Waals surface area contributed by atoms with Gasteiger partial charge in [0.1, 0.15) is 0 Å². The van der Waals surface area contributed by atoms with E-state index in [9.17, 15) is 0 Å². The number of piperidine rings is 1. The first-order chi connectivity index (χ1) is 6.68. The lowest BCUT2D eigenvalue weighted by atomic mass is 9.82. The minimum Gasteiger partial charge on any atom is -0.329 e. The third kappa shape index (κ3) is 1.58. The fourth-order valence-electron chi connectivity index (χ4n) is 3.09. The van der Waals surface area contributed by atoms with E-state index >= 15 is 0 Å². The lowest BCUT2D eigenvalue weighted by Gasteiger charge is -2.47. The standard InChI is InChI=1S/C11H23N3/c1-13(2)11(9-12)5-7-14-6-3-4-10(14)8-11/h10H,3-9,12H2,1-2H3. The van der Waals surface area contributed by atoms with Crippen molar-refractivity contribution in [1.82, 2.24) is 9.80 Å². The second kappa shape index (κ2) is 3.80. The van der Waals surface area contributed by atoms with Crippen molar-refractivity contribution < 1.29 is 0 Å². The molecule has 0 aliphatic carbocycles. The molecule has 0 aromatic rings. The summed E-state index contributed by atoms with van der Waals surface area (Å²) in [6.45, 7) is 3.38. The Kier molecular flexibility index (Phi) is 2.82. The Labute approximate surface area is 87.2 Å². The molecule has 0 amide bonds. The lowest BCUT2D eigenvalue weighted by molar-refractivity contribution is 0.0423. The molecular formula is C11H23N3. The molecule has 0 saturated carbocycles. The molecule has 2 N–H and O–H groups in total. The van der Waals surface area contributed by atoms with E-state index in [1.807, 2.05) is 0 Å². The lowest BCUT2D eigenvalue weighted by Crippen LogP contribution is -2.58. The number of hydrogen-bond donors (Lipinski definition) is 1. The highest BCUT2D eigenvalue weighted by atomic mass is 15.2. The van der Waals surface area contributed by atoms with Gasteiger partial charge in [-0.3, -0.25) is 0 Å². The second-order valence-electron chi connectivity index (χ2n) is 5.11. The minimum absolute atomic E-state index is 0.283. The predicted octanol–water partition coefficient (Wildman–Crippen LogP) is 0.504. The number of nitrogens with zero attached hydrogens (tertiary/aromatic N) is 2. The molecule has 0 aromatic heterocycles. The van der Waals surface area contributed by atoms with Gasteiger partial charge in [0.15, 0.2) is 0 Å². The summed E-state index contributed by atoms with van der Waals surface area (Å²) >= 11 is 0. The van der Waals surface area contributed by atoms with Crippen molar-refractivity contribution in [2.45, 2.75) is 37.3 Å². The van der Waals surface area contributed by atoms with Crippen LogP contribution in [0.4, 0.5) is 0 Å². The van der Waals surface area contributed by atoms with Crippen LogP contribution in [-0.4, -0.2) is 55.1 Å². The zero-order valence-corrected chi connectivity index (χ0v) is 9.50. The Morgan fingerprint density at radius 2 is 2.21 bits per heavy atom. The van der Waals surface area contributed by atoms with Gasteiger partial charge >= 0.3 is 0 Å². The number of fused-ring (bicyclic) bond motifs is 1. The van der Waals surface area contributed by atoms with E-state index in [1.165, 1.54) is 38.8 Å². The zero-order valence-electron chi connectivity index (χ0n) is 9.50. The van der Waals surface area contributed by atoms with Crippen molar-refractivity contribution in [3.8, 4) is 0 Å². The third-order valence-corrected chi connectivity index (χ3v) is 4.31. The Morgan fingerprint density at radius 1 is 1.43 bits per heavy atom. The summed E-state index contributed by atoms with van der Waals surface area (Å²) in [7, 11) is 4.36. The molecule has 2 aliphatic rings. The highest BCUT2D eigenvalue weighted by Crippen LogP contribution is 2.35. The Hall–Kier alpha value is -0.120. The summed E-state index contributed by atoms with van der Waals surface area (Å²) in [5.74, 6) is 0. The highest BCUT2D eigenvalue weighted by molar-refractivity contribution is 5.00. The van der Waals surface area contributed by atoms with Crippen LogP contribution in [0.5, 0.6) is 0 Å². The van der Waals surface area contributed by atoms with Crippen molar-refractivity contribution in [3.05, 3.63) is 0 Å². The number of hydrogen-bond acceptors (Lipinski definition) is 3. The zero-order chi connectivity index (χ0) is 10.2. The van der Waals surface area contributed by atoms with Gasteiger partial charge in [0.2, 0.25) is 0 Å². The van der Waals surface area contributed by atoms with Gasteiger partial charge < -0.3 is 15.5 Å². The number of likely N-dealkylation sites (N-methyl/N-ethyl adjacent to an activating group) is 1. The average molecular weight is 197 g/mol. The van der Waals surface area contributed by atoms with Gasteiger partial charge in [-0.15, -0.1) is 0 Å². The van der Waals surface area contributed by atoms with E-state index in [0.717, 1.165) is 12.6 Å². The van der Waals surface area contributed by atoms with E-state index in [-0.39, 0.29) is 5.54 Å². The van der Waals surface area contributed by atoms with E-state index in [0.29, 0.717) is 0 Å². The molecule has 2 atom stereocenters. The molecule has 0 aromatic carbocycles. The summed E-state index contributed by atoms with van der Waals surface area (Å²) < 4.78 is 0. The Morgan fingerprint density at radius 3 is 2.86 bits per heavy atom. The average Bonchev–Trinajstić information content (AvgIpc) is 2.63. The van der Waals surface area contributed by atoms with Crippen LogP contribution >= 0.6 is 0 Å². The van der Waals surface area contributed by atoms with Gasteiger partial charge in [-0.2, -0.15) is 0 Å². The van der Waals surface area contributed by atoms with Gasteiger partial charge in [-0.1, -0.05) is 0 Å². The highest BCUT2D eigenvalue weighted by Gasteiger charge is 2.41. The molecule has 2 fully saturated rings. The van der Waals surface area contributed by atoms with Crippen molar-refractivity contribution in [1.29, 1.82) is 0 Å². The minimum atomic E-state index is 0.283. The molecule has 3 heteroatoms. The third-order valence-electron chi connectivity index (χ3n) is 4.31. The van der Waals surface area contributed by atoms with Gasteiger partial charge in [0.05, 0.1) is 0 Å². The molecule has 2 unspecified atom stereocenters. The molecule has 2 aliphatic heterocycles. The molecule has 0 radical (unpaired) electrons. The molecular weight excluding hydrogens is 174 g/mol. The number of rotatable bonds is 2. The van der Waals surface area contributed by atoms with Crippen LogP contribution in [0.2, 0.25) is 0 Å². The SMILES string of the molecule is CN(C)C1(CN)CCN2CCCC2C1. The van der Waals surface area contributed by atoms with Crippen LogP contribution in [0.1, 0.15) is 25.7 Å². The maximum atomic E-state index is 5.96. The van der Waals surface area contributed by atoms with Crippen molar-refractivity contribution >= 4 is 0 Å². The molecule has 14 heavy (non-hydrogen) atoms. The Bertz CT molecular complexity index is 205. The smallest absolute Gasteiger partial charge is 0.0352 e. The van der Waals surface area contributed by atoms with E-state index in [1.54, 1.807) is 0 Å². The van der Waals surface area contributed by atoms with Gasteiger partial charge in [0.25, 0.3) is 0 Å². The summed E-state index contributed by atoms with van der Waals surface area (Å²) in [6, 6.07) is 0.815. The molecule has 0 spiro atoms. The molecule has 3 nitrogen and oxygen atoms in total. The topological polar surface area (TPSA) is 32.5 Å². The fraction of sp³-hybridized carbons (Fsp3) is 1.00. The van der Waals surface area contributed by atoms with Crippen LogP contribution in [0.15, 0.2) is 0 Å². The van der Waals surface area contributed by atoms with E-state index in [2.05, 4.69) is 23.9 Å². The van der Waals surface area contributed by atoms with Crippen LogP contribution in [0, 0.1) is 0 Å². The predicted molar refractivity (Wildman–Crippen MR) is 59.3 cm³/mol. The Balaban J connectivity index is 2.07. The monoisotopic (exact) mass is 197 g/mol. The first-order valence-corrected chi connectivity index (χ1v) is 5.79. The first-order valence-electron chi connectivity index (χ1n) is 5.79. The molecule has 2 rings (SSSR count). The van der Waals surface area contributed by atoms with Crippen LogP contribution < -0.4 is 5.73 Å². The summed E-state index contributed by atoms with van der Waals surface area (Å²) in [5.41, 5.74) is 6.25. The van der Waals surface area contributed by atoms with Crippen LogP contribution in [0.25, 0.3) is 0 Å². The largest absolute Gasteiger partial charge is 0.329 e. The van der Waals surface area contributed by atoms with Crippen LogP contribution in [-0.2, 0) is 0 Å². The fourth-order valence-corrected chi connectivity index (χ4v) is 3.09. The van der Waals surface area contributed by atoms with E-state index < -0.39 is 0 Å². The molecule has 2 heterocycles. The quantitative estimate of drug-likeness (QED) is 0.700. The molecule has 0 bridgehead atoms. The van der Waals surface area contributed by atoms with Gasteiger partial charge in [-0.25, -0.2) is 0 Å². The maximum absolute atomic E-state index is 5.96.